The monoisotopic (exact) mass is 794 g/mol. The van der Waals surface area contributed by atoms with Crippen LogP contribution in [0.1, 0.15) is 0 Å². The van der Waals surface area contributed by atoms with E-state index in [-0.39, 0.29) is 0 Å². The molecule has 4 aromatic heterocycles. The summed E-state index contributed by atoms with van der Waals surface area (Å²) < 4.78 is 11.0. The number of hydrogen-bond donors (Lipinski definition) is 0. The summed E-state index contributed by atoms with van der Waals surface area (Å²) in [7, 11) is 0. The molecule has 6 heteroatoms. The van der Waals surface area contributed by atoms with Gasteiger partial charge in [-0.05, 0) is 87.6 Å². The highest BCUT2D eigenvalue weighted by molar-refractivity contribution is 7.26. The molecule has 0 fully saturated rings. The topological polar surface area (TPSA) is 56.7 Å². The minimum absolute atomic E-state index is 0.619. The first-order valence-electron chi connectivity index (χ1n) is 20.5. The molecule has 0 spiro atoms. The number of hydrogen-bond acceptors (Lipinski definition) is 5. The third-order valence-electron chi connectivity index (χ3n) is 12.6. The summed E-state index contributed by atoms with van der Waals surface area (Å²) in [5.41, 5.74) is 13.2. The molecule has 5 nitrogen and oxygen atoms in total. The zero-order chi connectivity index (χ0) is 39.8. The maximum absolute atomic E-state index is 6.17. The molecule has 61 heavy (non-hydrogen) atoms. The average Bonchev–Trinajstić information content (AvgIpc) is 3.98. The van der Waals surface area contributed by atoms with Crippen molar-refractivity contribution in [3.63, 3.8) is 0 Å². The van der Waals surface area contributed by atoms with Crippen molar-refractivity contribution in [3.8, 4) is 62.1 Å². The van der Waals surface area contributed by atoms with E-state index in [9.17, 15) is 0 Å². The predicted molar refractivity (Wildman–Crippen MR) is 253 cm³/mol. The first kappa shape index (κ1) is 33.0. The first-order chi connectivity index (χ1) is 30.2. The smallest absolute Gasteiger partial charge is 0.165 e. The van der Waals surface area contributed by atoms with Crippen LogP contribution < -0.4 is 0 Å². The molecule has 0 atom stereocenters. The maximum atomic E-state index is 6.17. The Balaban J connectivity index is 0.974. The number of thiophene rings is 1. The van der Waals surface area contributed by atoms with Gasteiger partial charge in [0, 0.05) is 64.1 Å². The molecule has 0 amide bonds. The Morgan fingerprint density at radius 3 is 1.95 bits per heavy atom. The minimum atomic E-state index is 0.619. The van der Waals surface area contributed by atoms with Crippen molar-refractivity contribution in [3.05, 3.63) is 182 Å². The van der Waals surface area contributed by atoms with Crippen molar-refractivity contribution >= 4 is 86.0 Å². The highest BCUT2D eigenvalue weighted by Crippen LogP contribution is 2.50. The number of aromatic nitrogens is 4. The fraction of sp³-hybridized carbons (Fsp3) is 0. The normalized spacial score (nSPS) is 12.3. The van der Waals surface area contributed by atoms with Crippen molar-refractivity contribution < 1.29 is 4.42 Å². The second-order valence-corrected chi connectivity index (χ2v) is 16.9. The van der Waals surface area contributed by atoms with Crippen LogP contribution in [0, 0.1) is 0 Å². The molecule has 282 valence electrons. The van der Waals surface area contributed by atoms with Gasteiger partial charge in [-0.15, -0.1) is 11.3 Å². The fourth-order valence-corrected chi connectivity index (χ4v) is 11.2. The largest absolute Gasteiger partial charge is 0.456 e. The minimum Gasteiger partial charge on any atom is -0.456 e. The summed E-state index contributed by atoms with van der Waals surface area (Å²) in [4.78, 5) is 15.5. The lowest BCUT2D eigenvalue weighted by atomic mass is 9.93. The van der Waals surface area contributed by atoms with Gasteiger partial charge in [-0.1, -0.05) is 127 Å². The van der Waals surface area contributed by atoms with Gasteiger partial charge in [0.05, 0.1) is 11.0 Å². The summed E-state index contributed by atoms with van der Waals surface area (Å²) in [5.74, 6) is 1.90. The molecule has 0 saturated carbocycles. The van der Waals surface area contributed by atoms with Gasteiger partial charge in [0.2, 0.25) is 0 Å². The number of benzene rings is 9. The van der Waals surface area contributed by atoms with Crippen LogP contribution in [-0.4, -0.2) is 19.5 Å². The fourth-order valence-electron chi connectivity index (χ4n) is 9.92. The van der Waals surface area contributed by atoms with Gasteiger partial charge in [0.25, 0.3) is 0 Å². The molecule has 14 rings (SSSR count). The highest BCUT2D eigenvalue weighted by Gasteiger charge is 2.25. The lowest BCUT2D eigenvalue weighted by Crippen LogP contribution is -2.00. The van der Waals surface area contributed by atoms with Gasteiger partial charge < -0.3 is 8.98 Å². The third kappa shape index (κ3) is 4.68. The Morgan fingerprint density at radius 2 is 1.07 bits per heavy atom. The molecule has 0 aliphatic heterocycles. The Morgan fingerprint density at radius 1 is 0.393 bits per heavy atom. The highest BCUT2D eigenvalue weighted by atomic mass is 32.1. The number of para-hydroxylation sites is 1. The summed E-state index contributed by atoms with van der Waals surface area (Å²) in [6.45, 7) is 0. The molecular weight excluding hydrogens is 765 g/mol. The van der Waals surface area contributed by atoms with Crippen LogP contribution in [0.2, 0.25) is 0 Å². The number of nitrogens with zero attached hydrogens (tertiary/aromatic N) is 4. The quantitative estimate of drug-likeness (QED) is 0.178. The predicted octanol–water partition coefficient (Wildman–Crippen LogP) is 15.0. The van der Waals surface area contributed by atoms with Crippen molar-refractivity contribution in [2.75, 3.05) is 0 Å². The van der Waals surface area contributed by atoms with E-state index in [1.54, 1.807) is 11.3 Å². The van der Waals surface area contributed by atoms with E-state index in [2.05, 4.69) is 138 Å². The number of fused-ring (bicyclic) bond motifs is 9. The zero-order valence-corrected chi connectivity index (χ0v) is 33.2. The third-order valence-corrected chi connectivity index (χ3v) is 13.8. The number of rotatable bonds is 4. The SMILES string of the molecule is c1ccc(-c2nc(-c3ccc4oc5ccccc5c4c3)nc(-c3cccc4c3sc3cc(-n5c6cccc7c6c6c8c(cccc8ccc65)-c5ccccc5-7)ccc34)n2)cc1. The van der Waals surface area contributed by atoms with Crippen LogP contribution in [0.3, 0.4) is 0 Å². The van der Waals surface area contributed by atoms with E-state index >= 15 is 0 Å². The Hall–Kier alpha value is -7.93. The molecule has 0 saturated heterocycles. The molecule has 0 bridgehead atoms. The molecule has 0 radical (unpaired) electrons. The first-order valence-corrected chi connectivity index (χ1v) is 21.3. The van der Waals surface area contributed by atoms with Crippen LogP contribution in [0.4, 0.5) is 0 Å². The summed E-state index contributed by atoms with van der Waals surface area (Å²) in [6, 6.07) is 64.9. The van der Waals surface area contributed by atoms with Crippen molar-refractivity contribution in [1.82, 2.24) is 19.5 Å². The number of furan rings is 1. The molecule has 1 aliphatic carbocycles. The molecule has 13 aromatic rings. The molecule has 1 aliphatic rings. The lowest BCUT2D eigenvalue weighted by Gasteiger charge is -2.13. The molecule has 9 aromatic carbocycles. The molecule has 0 N–H and O–H groups in total. The lowest BCUT2D eigenvalue weighted by molar-refractivity contribution is 0.669. The maximum Gasteiger partial charge on any atom is 0.165 e. The van der Waals surface area contributed by atoms with Crippen LogP contribution in [-0.2, 0) is 0 Å². The van der Waals surface area contributed by atoms with Gasteiger partial charge >= 0.3 is 0 Å². The standard InChI is InChI=1S/C55H30N4OS/c1-2-11-32(12-3-1)53-56-54(33-24-28-47-43(29-33)37-16-6-7-22-46(37)60-47)58-55(57-53)42-20-9-19-41-38-26-25-34(30-48(38)61-52(41)42)59-44-21-10-18-40-36-15-5-4-14-35(36)39-17-8-13-31-23-27-45(59)51(49(31)39)50(40)44/h1-30H. The van der Waals surface area contributed by atoms with Crippen molar-refractivity contribution in [1.29, 1.82) is 0 Å². The van der Waals surface area contributed by atoms with Crippen molar-refractivity contribution in [2.45, 2.75) is 0 Å². The molecule has 0 unspecified atom stereocenters. The van der Waals surface area contributed by atoms with E-state index < -0.39 is 0 Å². The molecule has 4 heterocycles. The van der Waals surface area contributed by atoms with Gasteiger partial charge in [-0.2, -0.15) is 0 Å². The van der Waals surface area contributed by atoms with Crippen LogP contribution in [0.5, 0.6) is 0 Å². The van der Waals surface area contributed by atoms with E-state index in [0.29, 0.717) is 17.5 Å². The molecular formula is C55H30N4OS. The van der Waals surface area contributed by atoms with Gasteiger partial charge in [0.15, 0.2) is 17.5 Å². The van der Waals surface area contributed by atoms with Crippen LogP contribution in [0.25, 0.3) is 137 Å². The Kier molecular flexibility index (Phi) is 6.65. The summed E-state index contributed by atoms with van der Waals surface area (Å²) in [6.07, 6.45) is 0. The summed E-state index contributed by atoms with van der Waals surface area (Å²) in [5, 5.41) is 9.70. The van der Waals surface area contributed by atoms with Gasteiger partial charge in [-0.25, -0.2) is 15.0 Å². The van der Waals surface area contributed by atoms with Gasteiger partial charge in [-0.3, -0.25) is 0 Å². The second kappa shape index (κ2) is 12.3. The Labute approximate surface area is 352 Å². The van der Waals surface area contributed by atoms with E-state index in [0.717, 1.165) is 49.0 Å². The summed E-state index contributed by atoms with van der Waals surface area (Å²) >= 11 is 1.80. The van der Waals surface area contributed by atoms with E-state index in [4.69, 9.17) is 19.4 Å². The van der Waals surface area contributed by atoms with Crippen LogP contribution >= 0.6 is 11.3 Å². The Bertz CT molecular complexity index is 4010. The van der Waals surface area contributed by atoms with Crippen LogP contribution in [0.15, 0.2) is 186 Å². The van der Waals surface area contributed by atoms with Crippen molar-refractivity contribution in [2.24, 2.45) is 0 Å². The second-order valence-electron chi connectivity index (χ2n) is 15.9. The van der Waals surface area contributed by atoms with Gasteiger partial charge in [0.1, 0.15) is 11.2 Å². The van der Waals surface area contributed by atoms with E-state index in [1.165, 1.54) is 70.3 Å². The zero-order valence-electron chi connectivity index (χ0n) is 32.4. The van der Waals surface area contributed by atoms with E-state index in [1.807, 2.05) is 48.5 Å². The average molecular weight is 795 g/mol.